The summed E-state index contributed by atoms with van der Waals surface area (Å²) in [7, 11) is 0. The minimum absolute atomic E-state index is 0.186. The van der Waals surface area contributed by atoms with Crippen molar-refractivity contribution in [1.29, 1.82) is 0 Å². The Hall–Kier alpha value is -0.340. The molecule has 0 fully saturated rings. The number of hydrogen-bond acceptors (Lipinski definition) is 4. The van der Waals surface area contributed by atoms with Gasteiger partial charge in [0, 0.05) is 30.4 Å². The summed E-state index contributed by atoms with van der Waals surface area (Å²) in [5, 5.41) is 5.68. The number of benzene rings is 4. The predicted octanol–water partition coefficient (Wildman–Crippen LogP) is 9.63. The van der Waals surface area contributed by atoms with Gasteiger partial charge in [-0.2, -0.15) is 0 Å². The molecule has 0 amide bonds. The molecule has 6 heteroatoms. The van der Waals surface area contributed by atoms with Gasteiger partial charge in [-0.25, -0.2) is 0 Å². The Morgan fingerprint density at radius 1 is 0.423 bits per heavy atom. The minimum Gasteiger partial charge on any atom is -0.0797 e. The molecule has 2 aliphatic heterocycles. The lowest BCUT2D eigenvalue weighted by Gasteiger charge is -2.32. The van der Waals surface area contributed by atoms with Gasteiger partial charge in [0.1, 0.15) is 0 Å². The standard InChI is InChI=1S/C20H12P2S4/c1-5-13-6-2-10-16-19(13)15(9-1)23-21(24-16)22-25-17-11-3-7-14-8-4-12-18(26-22)20(14)17/h1-12H. The van der Waals surface area contributed by atoms with E-state index in [0.717, 1.165) is 0 Å². The lowest BCUT2D eigenvalue weighted by Crippen LogP contribution is -1.86. The number of rotatable bonds is 1. The molecule has 26 heavy (non-hydrogen) atoms. The van der Waals surface area contributed by atoms with Crippen molar-refractivity contribution < 1.29 is 0 Å². The van der Waals surface area contributed by atoms with Crippen LogP contribution in [0.2, 0.25) is 0 Å². The molecular weight excluding hydrogens is 430 g/mol. The van der Waals surface area contributed by atoms with E-state index in [1.54, 1.807) is 0 Å². The van der Waals surface area contributed by atoms with Gasteiger partial charge < -0.3 is 0 Å². The summed E-state index contributed by atoms with van der Waals surface area (Å²) >= 11 is 8.54. The average Bonchev–Trinajstić information content (AvgIpc) is 2.69. The summed E-state index contributed by atoms with van der Waals surface area (Å²) in [6.07, 6.45) is 0. The Balaban J connectivity index is 1.41. The van der Waals surface area contributed by atoms with Crippen LogP contribution in [0.3, 0.4) is 0 Å². The van der Waals surface area contributed by atoms with E-state index in [-0.39, 0.29) is 12.0 Å². The third-order valence-electron chi connectivity index (χ3n) is 4.50. The van der Waals surface area contributed by atoms with Gasteiger partial charge in [0.25, 0.3) is 0 Å². The zero-order valence-electron chi connectivity index (χ0n) is 13.5. The van der Waals surface area contributed by atoms with Crippen molar-refractivity contribution in [2.45, 2.75) is 19.6 Å². The fourth-order valence-electron chi connectivity index (χ4n) is 3.36. The van der Waals surface area contributed by atoms with E-state index >= 15 is 0 Å². The van der Waals surface area contributed by atoms with Gasteiger partial charge in [-0.3, -0.25) is 0 Å². The molecule has 0 unspecified atom stereocenters. The smallest absolute Gasteiger partial charge is 0.0692 e. The summed E-state index contributed by atoms with van der Waals surface area (Å²) in [5.41, 5.74) is 0. The second-order valence-electron chi connectivity index (χ2n) is 6.06. The van der Waals surface area contributed by atoms with E-state index in [9.17, 15) is 0 Å². The molecule has 0 radical (unpaired) electrons. The molecular formula is C20H12P2S4. The molecule has 0 aromatic heterocycles. The van der Waals surface area contributed by atoms with Crippen molar-refractivity contribution in [3.05, 3.63) is 72.8 Å². The van der Waals surface area contributed by atoms with E-state index in [1.165, 1.54) is 41.1 Å². The summed E-state index contributed by atoms with van der Waals surface area (Å²) < 4.78 is 0. The van der Waals surface area contributed by atoms with Gasteiger partial charge >= 0.3 is 0 Å². The molecule has 126 valence electrons. The Kier molecular flexibility index (Phi) is 4.23. The van der Waals surface area contributed by atoms with Crippen LogP contribution in [0, 0.1) is 0 Å². The fourth-order valence-corrected chi connectivity index (χ4v) is 27.5. The Morgan fingerprint density at radius 3 is 1.04 bits per heavy atom. The summed E-state index contributed by atoms with van der Waals surface area (Å²) in [6, 6.07) is 26.7. The van der Waals surface area contributed by atoms with Crippen molar-refractivity contribution in [1.82, 2.24) is 0 Å². The van der Waals surface area contributed by atoms with E-state index in [4.69, 9.17) is 0 Å². The average molecular weight is 443 g/mol. The van der Waals surface area contributed by atoms with E-state index < -0.39 is 0 Å². The SMILES string of the molecule is c1cc2c3c(cccc3c1)SP(P1Sc3cccc4cccc(c34)S1)S2. The molecule has 0 atom stereocenters. The molecule has 0 N–H and O–H groups in total. The van der Waals surface area contributed by atoms with Crippen molar-refractivity contribution in [2.75, 3.05) is 0 Å². The van der Waals surface area contributed by atoms with Crippen LogP contribution in [0.15, 0.2) is 92.4 Å². The minimum atomic E-state index is -0.186. The highest BCUT2D eigenvalue weighted by atomic mass is 33.5. The lowest BCUT2D eigenvalue weighted by molar-refractivity contribution is 1.45. The molecule has 6 rings (SSSR count). The molecule has 4 aromatic carbocycles. The van der Waals surface area contributed by atoms with Crippen LogP contribution in [0.1, 0.15) is 0 Å². The molecule has 2 heterocycles. The summed E-state index contributed by atoms with van der Waals surface area (Å²) in [4.78, 5) is 5.90. The fraction of sp³-hybridized carbons (Fsp3) is 0. The largest absolute Gasteiger partial charge is 0.0797 e. The van der Waals surface area contributed by atoms with Crippen molar-refractivity contribution >= 4 is 79.1 Å². The monoisotopic (exact) mass is 442 g/mol. The van der Waals surface area contributed by atoms with Gasteiger partial charge in [0.05, 0.1) is 12.0 Å². The van der Waals surface area contributed by atoms with Gasteiger partial charge in [0.2, 0.25) is 0 Å². The second kappa shape index (κ2) is 6.62. The predicted molar refractivity (Wildman–Crippen MR) is 125 cm³/mol. The maximum Gasteiger partial charge on any atom is 0.0692 e. The van der Waals surface area contributed by atoms with Crippen LogP contribution in [0.25, 0.3) is 21.5 Å². The molecule has 4 aromatic rings. The Bertz CT molecular complexity index is 1000. The zero-order valence-corrected chi connectivity index (χ0v) is 18.5. The van der Waals surface area contributed by atoms with Gasteiger partial charge in [-0.05, 0) is 35.0 Å². The van der Waals surface area contributed by atoms with Crippen molar-refractivity contribution in [2.24, 2.45) is 0 Å². The molecule has 0 saturated carbocycles. The lowest BCUT2D eigenvalue weighted by atomic mass is 10.1. The van der Waals surface area contributed by atoms with Crippen molar-refractivity contribution in [3.8, 4) is 0 Å². The van der Waals surface area contributed by atoms with Crippen LogP contribution in [0.5, 0.6) is 0 Å². The van der Waals surface area contributed by atoms with Gasteiger partial charge in [-0.1, -0.05) is 94.1 Å². The van der Waals surface area contributed by atoms with Crippen LogP contribution < -0.4 is 0 Å². The molecule has 0 bridgehead atoms. The second-order valence-corrected chi connectivity index (χ2v) is 23.1. The number of hydrogen-bond donors (Lipinski definition) is 0. The third kappa shape index (κ3) is 2.65. The van der Waals surface area contributed by atoms with E-state index in [1.807, 2.05) is 0 Å². The van der Waals surface area contributed by atoms with E-state index in [2.05, 4.69) is 118 Å². The first kappa shape index (κ1) is 16.6. The maximum atomic E-state index is 2.31. The highest BCUT2D eigenvalue weighted by molar-refractivity contribution is 9.26. The quantitative estimate of drug-likeness (QED) is 0.269. The van der Waals surface area contributed by atoms with Crippen molar-refractivity contribution in [3.63, 3.8) is 0 Å². The summed E-state index contributed by atoms with van der Waals surface area (Å²) in [5.74, 6) is 0. The topological polar surface area (TPSA) is 0 Å². The Labute approximate surface area is 170 Å². The highest BCUT2D eigenvalue weighted by Crippen LogP contribution is 2.98. The van der Waals surface area contributed by atoms with Crippen LogP contribution >= 0.6 is 57.6 Å². The van der Waals surface area contributed by atoms with Crippen LogP contribution in [-0.4, -0.2) is 0 Å². The summed E-state index contributed by atoms with van der Waals surface area (Å²) in [6.45, 7) is 0. The molecule has 0 spiro atoms. The Morgan fingerprint density at radius 2 is 0.731 bits per heavy atom. The van der Waals surface area contributed by atoms with E-state index in [0.29, 0.717) is 0 Å². The zero-order chi connectivity index (χ0) is 17.1. The molecule has 0 nitrogen and oxygen atoms in total. The first-order valence-electron chi connectivity index (χ1n) is 8.22. The van der Waals surface area contributed by atoms with Gasteiger partial charge in [-0.15, -0.1) is 0 Å². The normalized spacial score (nSPS) is 17.1. The first-order chi connectivity index (χ1) is 12.9. The third-order valence-corrected chi connectivity index (χ3v) is 27.8. The van der Waals surface area contributed by atoms with Crippen LogP contribution in [-0.2, 0) is 0 Å². The highest BCUT2D eigenvalue weighted by Gasteiger charge is 2.34. The molecule has 2 aliphatic rings. The first-order valence-corrected chi connectivity index (χ1v) is 17.3. The van der Waals surface area contributed by atoms with Gasteiger partial charge in [0.15, 0.2) is 0 Å². The van der Waals surface area contributed by atoms with Crippen LogP contribution in [0.4, 0.5) is 0 Å². The molecule has 0 saturated heterocycles. The molecule has 0 aliphatic carbocycles. The maximum absolute atomic E-state index is 2.31.